The summed E-state index contributed by atoms with van der Waals surface area (Å²) < 4.78 is 31.9. The zero-order valence-electron chi connectivity index (χ0n) is 32.5. The molecule has 3 heterocycles. The van der Waals surface area contributed by atoms with Gasteiger partial charge in [0.15, 0.2) is 0 Å². The number of rotatable bonds is 9. The molecule has 280 valence electrons. The molecule has 0 unspecified atom stereocenters. The molecular formula is C46H54NO4PSi2. The second kappa shape index (κ2) is 14.3. The number of benzene rings is 5. The highest BCUT2D eigenvalue weighted by Crippen LogP contribution is 2.64. The Balaban J connectivity index is 1.35. The van der Waals surface area contributed by atoms with Gasteiger partial charge in [0.1, 0.15) is 7.14 Å². The fourth-order valence-corrected chi connectivity index (χ4v) is 23.1. The van der Waals surface area contributed by atoms with Crippen molar-refractivity contribution in [3.8, 4) is 0 Å². The standard InChI is InChI=1S/C46H54NO4PSi2/c1-45(2,3)53(36-24-14-8-15-25-36,37-26-16-9-17-27-37)50-41-34-47-42(44-40(49-47)32-33-52(44,48)35-22-12-7-13-23-35)43(41)51-54(46(4,5)6,38-28-18-10-19-29-38)39-30-20-11-21-31-39/h7-31,40-44H,32-34H2,1-6H3/t40-,41+,42-,43-,44+,52-/m1/s1. The lowest BCUT2D eigenvalue weighted by molar-refractivity contribution is -0.153. The summed E-state index contributed by atoms with van der Waals surface area (Å²) in [7, 11) is -9.02. The third-order valence-electron chi connectivity index (χ3n) is 12.3. The van der Waals surface area contributed by atoms with Gasteiger partial charge in [-0.25, -0.2) is 0 Å². The first-order chi connectivity index (χ1) is 25.9. The summed E-state index contributed by atoms with van der Waals surface area (Å²) in [6.45, 7) is 14.5. The van der Waals surface area contributed by atoms with E-state index in [-0.39, 0.29) is 34.0 Å². The number of nitrogens with zero attached hydrogens (tertiary/aromatic N) is 1. The minimum atomic E-state index is -3.10. The average molecular weight is 772 g/mol. The van der Waals surface area contributed by atoms with Crippen molar-refractivity contribution in [1.82, 2.24) is 5.06 Å². The molecule has 54 heavy (non-hydrogen) atoms. The van der Waals surface area contributed by atoms with E-state index in [1.54, 1.807) is 0 Å². The molecule has 3 aliphatic heterocycles. The maximum absolute atomic E-state index is 15.6. The van der Waals surface area contributed by atoms with Crippen molar-refractivity contribution in [2.24, 2.45) is 0 Å². The van der Waals surface area contributed by atoms with E-state index in [0.29, 0.717) is 12.7 Å². The lowest BCUT2D eigenvalue weighted by Gasteiger charge is -2.49. The number of hydrogen-bond acceptors (Lipinski definition) is 5. The summed E-state index contributed by atoms with van der Waals surface area (Å²) in [6, 6.07) is 53.5. The van der Waals surface area contributed by atoms with Crippen molar-refractivity contribution in [2.75, 3.05) is 12.7 Å². The molecule has 0 spiro atoms. The number of fused-ring (bicyclic) bond motifs is 3. The van der Waals surface area contributed by atoms with Crippen molar-refractivity contribution in [2.45, 2.75) is 88.1 Å². The molecule has 6 atom stereocenters. The van der Waals surface area contributed by atoms with Crippen LogP contribution in [0.15, 0.2) is 152 Å². The molecule has 0 bridgehead atoms. The SMILES string of the molecule is CC(C)(C)[Si](O[C@H]1[C@@H]2[C@@H]3[C@@H](CC[P@@]3(=O)c3ccccc3)ON2C[C@@H]1O[Si](c1ccccc1)(c1ccccc1)C(C)(C)C)(c1ccccc1)c1ccccc1. The smallest absolute Gasteiger partial charge is 0.261 e. The van der Waals surface area contributed by atoms with Crippen LogP contribution >= 0.6 is 7.14 Å². The Bertz CT molecular complexity index is 1990. The van der Waals surface area contributed by atoms with Gasteiger partial charge in [-0.05, 0) is 37.2 Å². The third-order valence-corrected chi connectivity index (χ3v) is 26.1. The molecule has 5 nitrogen and oxygen atoms in total. The van der Waals surface area contributed by atoms with Crippen LogP contribution < -0.4 is 26.1 Å². The topological polar surface area (TPSA) is 48.0 Å². The second-order valence-electron chi connectivity index (χ2n) is 17.4. The Labute approximate surface area is 324 Å². The quantitative estimate of drug-likeness (QED) is 0.116. The molecule has 0 N–H and O–H groups in total. The normalized spacial score (nSPS) is 26.1. The van der Waals surface area contributed by atoms with E-state index < -0.39 is 29.9 Å². The molecule has 8 rings (SSSR count). The zero-order chi connectivity index (χ0) is 37.8. The van der Waals surface area contributed by atoms with Crippen LogP contribution in [0.5, 0.6) is 0 Å². The molecule has 0 saturated carbocycles. The van der Waals surface area contributed by atoms with Gasteiger partial charge in [0.25, 0.3) is 16.6 Å². The van der Waals surface area contributed by atoms with Crippen LogP contribution in [-0.4, -0.2) is 64.4 Å². The van der Waals surface area contributed by atoms with Gasteiger partial charge < -0.3 is 13.4 Å². The van der Waals surface area contributed by atoms with Gasteiger partial charge >= 0.3 is 0 Å². The highest BCUT2D eigenvalue weighted by Gasteiger charge is 2.67. The molecule has 3 aliphatic rings. The predicted molar refractivity (Wildman–Crippen MR) is 227 cm³/mol. The minimum absolute atomic E-state index is 0.125. The van der Waals surface area contributed by atoms with Crippen LogP contribution in [0, 0.1) is 0 Å². The summed E-state index contributed by atoms with van der Waals surface area (Å²) in [5.74, 6) is 0. The molecule has 3 fully saturated rings. The Morgan fingerprint density at radius 2 is 0.981 bits per heavy atom. The van der Waals surface area contributed by atoms with Gasteiger partial charge in [-0.3, -0.25) is 4.84 Å². The summed E-state index contributed by atoms with van der Waals surface area (Å²) >= 11 is 0. The van der Waals surface area contributed by atoms with Gasteiger partial charge in [0.2, 0.25) is 0 Å². The summed E-state index contributed by atoms with van der Waals surface area (Å²) in [4.78, 5) is 6.94. The van der Waals surface area contributed by atoms with E-state index in [2.05, 4.69) is 180 Å². The van der Waals surface area contributed by atoms with Crippen molar-refractivity contribution in [3.05, 3.63) is 152 Å². The first-order valence-electron chi connectivity index (χ1n) is 19.6. The Morgan fingerprint density at radius 3 is 1.39 bits per heavy atom. The van der Waals surface area contributed by atoms with Crippen molar-refractivity contribution in [3.63, 3.8) is 0 Å². The third kappa shape index (κ3) is 6.08. The predicted octanol–water partition coefficient (Wildman–Crippen LogP) is 7.34. The van der Waals surface area contributed by atoms with Crippen LogP contribution in [0.3, 0.4) is 0 Å². The Hall–Kier alpha value is -3.40. The lowest BCUT2D eigenvalue weighted by atomic mass is 10.0. The lowest BCUT2D eigenvalue weighted by Crippen LogP contribution is -2.71. The molecule has 0 radical (unpaired) electrons. The second-order valence-corrected chi connectivity index (χ2v) is 29.1. The number of hydrogen-bond donors (Lipinski definition) is 0. The van der Waals surface area contributed by atoms with Crippen LogP contribution in [0.25, 0.3) is 0 Å². The van der Waals surface area contributed by atoms with E-state index in [1.165, 1.54) is 20.7 Å². The first-order valence-corrected chi connectivity index (χ1v) is 25.3. The Morgan fingerprint density at radius 1 is 0.593 bits per heavy atom. The van der Waals surface area contributed by atoms with Crippen LogP contribution in [0.4, 0.5) is 0 Å². The maximum atomic E-state index is 15.6. The molecule has 0 aromatic heterocycles. The van der Waals surface area contributed by atoms with Gasteiger partial charge in [0.05, 0.1) is 36.6 Å². The van der Waals surface area contributed by atoms with Gasteiger partial charge in [-0.15, -0.1) is 0 Å². The first kappa shape index (κ1) is 37.5. The fourth-order valence-electron chi connectivity index (χ4n) is 9.97. The van der Waals surface area contributed by atoms with Crippen LogP contribution in [-0.2, 0) is 18.3 Å². The van der Waals surface area contributed by atoms with Crippen LogP contribution in [0.1, 0.15) is 48.0 Å². The monoisotopic (exact) mass is 771 g/mol. The van der Waals surface area contributed by atoms with Crippen molar-refractivity contribution < 1.29 is 18.3 Å². The molecule has 5 aromatic carbocycles. The molecule has 0 amide bonds. The molecule has 0 aliphatic carbocycles. The molecular weight excluding hydrogens is 718 g/mol. The minimum Gasteiger partial charge on any atom is -0.400 e. The highest BCUT2D eigenvalue weighted by atomic mass is 31.2. The zero-order valence-corrected chi connectivity index (χ0v) is 35.4. The van der Waals surface area contributed by atoms with E-state index >= 15 is 4.57 Å². The molecule has 3 saturated heterocycles. The van der Waals surface area contributed by atoms with E-state index in [9.17, 15) is 0 Å². The van der Waals surface area contributed by atoms with Crippen molar-refractivity contribution >= 4 is 49.8 Å². The maximum Gasteiger partial charge on any atom is 0.261 e. The van der Waals surface area contributed by atoms with E-state index in [1.807, 2.05) is 18.2 Å². The van der Waals surface area contributed by atoms with Gasteiger partial charge in [-0.2, -0.15) is 5.06 Å². The number of hydroxylamine groups is 2. The van der Waals surface area contributed by atoms with Crippen LogP contribution in [0.2, 0.25) is 10.1 Å². The van der Waals surface area contributed by atoms with E-state index in [4.69, 9.17) is 13.7 Å². The van der Waals surface area contributed by atoms with E-state index in [0.717, 1.165) is 11.7 Å². The highest BCUT2D eigenvalue weighted by molar-refractivity contribution is 7.72. The molecule has 8 heteroatoms. The van der Waals surface area contributed by atoms with Gasteiger partial charge in [-0.1, -0.05) is 193 Å². The average Bonchev–Trinajstić information content (AvgIpc) is 3.82. The van der Waals surface area contributed by atoms with Gasteiger partial charge in [0, 0.05) is 11.5 Å². The largest absolute Gasteiger partial charge is 0.400 e. The summed E-state index contributed by atoms with van der Waals surface area (Å²) in [5.41, 5.74) is -0.198. The Kier molecular flexibility index (Phi) is 9.92. The summed E-state index contributed by atoms with van der Waals surface area (Å²) in [5, 5.41) is 7.50. The fraction of sp³-hybridized carbons (Fsp3) is 0.348. The summed E-state index contributed by atoms with van der Waals surface area (Å²) in [6.07, 6.45) is 0.524. The molecule has 5 aromatic rings. The van der Waals surface area contributed by atoms with Crippen molar-refractivity contribution in [1.29, 1.82) is 0 Å².